The fraction of sp³-hybridized carbons (Fsp3) is 0.188. The van der Waals surface area contributed by atoms with E-state index in [1.165, 1.54) is 12.3 Å². The number of nitrogens with two attached hydrogens (primary N) is 1. The Balaban J connectivity index is 1.83. The van der Waals surface area contributed by atoms with Gasteiger partial charge in [-0.3, -0.25) is 9.59 Å². The van der Waals surface area contributed by atoms with Crippen molar-refractivity contribution in [1.29, 1.82) is 5.26 Å². The van der Waals surface area contributed by atoms with E-state index >= 15 is 0 Å². The topological polar surface area (TPSA) is 103 Å². The lowest BCUT2D eigenvalue weighted by Crippen LogP contribution is -2.36. The van der Waals surface area contributed by atoms with Gasteiger partial charge >= 0.3 is 0 Å². The lowest BCUT2D eigenvalue weighted by atomic mass is 9.95. The SMILES string of the molecule is N#Cc1cccc2c1CCN(C(=O)c1cc(C(N)=O)c[nH]1)C2. The average Bonchev–Trinajstić information content (AvgIpc) is 3.03. The second-order valence-electron chi connectivity index (χ2n) is 5.20. The summed E-state index contributed by atoms with van der Waals surface area (Å²) in [5, 5.41) is 9.12. The predicted molar refractivity (Wildman–Crippen MR) is 78.9 cm³/mol. The van der Waals surface area contributed by atoms with E-state index in [9.17, 15) is 9.59 Å². The van der Waals surface area contributed by atoms with Gasteiger partial charge in [-0.1, -0.05) is 12.1 Å². The van der Waals surface area contributed by atoms with E-state index < -0.39 is 5.91 Å². The van der Waals surface area contributed by atoms with Gasteiger partial charge in [0.2, 0.25) is 5.91 Å². The van der Waals surface area contributed by atoms with Gasteiger partial charge in [-0.25, -0.2) is 0 Å². The fourth-order valence-corrected chi connectivity index (χ4v) is 2.72. The standard InChI is InChI=1S/C16H14N4O2/c17-7-10-2-1-3-11-9-20(5-4-13(10)11)16(22)14-6-12(8-19-14)15(18)21/h1-3,6,8,19H,4-5,9H2,(H2,18,21). The minimum Gasteiger partial charge on any atom is -0.366 e. The van der Waals surface area contributed by atoms with E-state index in [4.69, 9.17) is 11.0 Å². The van der Waals surface area contributed by atoms with Gasteiger partial charge in [-0.2, -0.15) is 5.26 Å². The summed E-state index contributed by atoms with van der Waals surface area (Å²) in [5.41, 5.74) is 8.48. The Hall–Kier alpha value is -3.07. The number of aromatic amines is 1. The Morgan fingerprint density at radius 1 is 1.36 bits per heavy atom. The van der Waals surface area contributed by atoms with Crippen LogP contribution >= 0.6 is 0 Å². The van der Waals surface area contributed by atoms with Crippen molar-refractivity contribution in [2.45, 2.75) is 13.0 Å². The van der Waals surface area contributed by atoms with E-state index in [-0.39, 0.29) is 11.5 Å². The summed E-state index contributed by atoms with van der Waals surface area (Å²) in [6.45, 7) is 0.990. The Bertz CT molecular complexity index is 801. The number of fused-ring (bicyclic) bond motifs is 1. The van der Waals surface area contributed by atoms with E-state index in [2.05, 4.69) is 11.1 Å². The summed E-state index contributed by atoms with van der Waals surface area (Å²) in [5.74, 6) is -0.751. The molecule has 0 spiro atoms. The zero-order valence-electron chi connectivity index (χ0n) is 11.8. The van der Waals surface area contributed by atoms with E-state index in [0.717, 1.165) is 11.1 Å². The van der Waals surface area contributed by atoms with Crippen LogP contribution in [0.3, 0.4) is 0 Å². The van der Waals surface area contributed by atoms with Gasteiger partial charge in [0.05, 0.1) is 17.2 Å². The quantitative estimate of drug-likeness (QED) is 0.869. The number of hydrogen-bond donors (Lipinski definition) is 2. The van der Waals surface area contributed by atoms with Crippen LogP contribution in [0.4, 0.5) is 0 Å². The van der Waals surface area contributed by atoms with Crippen LogP contribution < -0.4 is 5.73 Å². The minimum absolute atomic E-state index is 0.180. The highest BCUT2D eigenvalue weighted by atomic mass is 16.2. The molecule has 0 saturated carbocycles. The molecule has 2 heterocycles. The van der Waals surface area contributed by atoms with Gasteiger partial charge < -0.3 is 15.6 Å². The number of carbonyl (C=O) groups is 2. The van der Waals surface area contributed by atoms with Crippen molar-refractivity contribution in [3.8, 4) is 6.07 Å². The molecule has 1 aromatic carbocycles. The molecule has 1 aliphatic rings. The van der Waals surface area contributed by atoms with Gasteiger partial charge in [0, 0.05) is 19.3 Å². The third kappa shape index (κ3) is 2.33. The average molecular weight is 294 g/mol. The molecule has 0 radical (unpaired) electrons. The first kappa shape index (κ1) is 13.9. The largest absolute Gasteiger partial charge is 0.366 e. The molecule has 0 unspecified atom stereocenters. The second-order valence-corrected chi connectivity index (χ2v) is 5.20. The summed E-state index contributed by atoms with van der Waals surface area (Å²) in [4.78, 5) is 28.1. The maximum Gasteiger partial charge on any atom is 0.270 e. The van der Waals surface area contributed by atoms with E-state index in [0.29, 0.717) is 30.8 Å². The number of aromatic nitrogens is 1. The van der Waals surface area contributed by atoms with Crippen molar-refractivity contribution < 1.29 is 9.59 Å². The molecule has 2 aromatic rings. The van der Waals surface area contributed by atoms with Crippen LogP contribution in [0.2, 0.25) is 0 Å². The Morgan fingerprint density at radius 3 is 2.86 bits per heavy atom. The van der Waals surface area contributed by atoms with Crippen LogP contribution in [0.15, 0.2) is 30.5 Å². The molecule has 0 aliphatic carbocycles. The summed E-state index contributed by atoms with van der Waals surface area (Å²) in [7, 11) is 0. The van der Waals surface area contributed by atoms with E-state index in [1.54, 1.807) is 11.0 Å². The highest BCUT2D eigenvalue weighted by Crippen LogP contribution is 2.23. The molecule has 3 rings (SSSR count). The lowest BCUT2D eigenvalue weighted by molar-refractivity contribution is 0.0729. The maximum absolute atomic E-state index is 12.5. The van der Waals surface area contributed by atoms with Gasteiger partial charge in [0.25, 0.3) is 5.91 Å². The number of benzene rings is 1. The highest BCUT2D eigenvalue weighted by Gasteiger charge is 2.24. The van der Waals surface area contributed by atoms with Crippen LogP contribution in [0.1, 0.15) is 37.5 Å². The molecular formula is C16H14N4O2. The first-order valence-electron chi connectivity index (χ1n) is 6.88. The third-order valence-corrected chi connectivity index (χ3v) is 3.87. The molecule has 6 nitrogen and oxygen atoms in total. The van der Waals surface area contributed by atoms with Gasteiger partial charge in [0.1, 0.15) is 5.69 Å². The van der Waals surface area contributed by atoms with Crippen molar-refractivity contribution in [2.24, 2.45) is 5.73 Å². The monoisotopic (exact) mass is 294 g/mol. The van der Waals surface area contributed by atoms with Crippen molar-refractivity contribution >= 4 is 11.8 Å². The number of amides is 2. The molecule has 0 saturated heterocycles. The number of nitrogens with one attached hydrogen (secondary N) is 1. The van der Waals surface area contributed by atoms with Crippen LogP contribution in [0, 0.1) is 11.3 Å². The molecule has 1 aromatic heterocycles. The molecule has 1 aliphatic heterocycles. The van der Waals surface area contributed by atoms with Crippen LogP contribution in [-0.2, 0) is 13.0 Å². The van der Waals surface area contributed by atoms with Crippen LogP contribution in [0.5, 0.6) is 0 Å². The zero-order chi connectivity index (χ0) is 15.7. The molecule has 22 heavy (non-hydrogen) atoms. The van der Waals surface area contributed by atoms with Gasteiger partial charge in [-0.15, -0.1) is 0 Å². The van der Waals surface area contributed by atoms with Gasteiger partial charge in [0.15, 0.2) is 0 Å². The van der Waals surface area contributed by atoms with E-state index in [1.807, 2.05) is 12.1 Å². The number of H-pyrrole nitrogens is 1. The molecule has 3 N–H and O–H groups in total. The van der Waals surface area contributed by atoms with Crippen molar-refractivity contribution in [1.82, 2.24) is 9.88 Å². The normalized spacial score (nSPS) is 13.3. The zero-order valence-corrected chi connectivity index (χ0v) is 11.8. The summed E-state index contributed by atoms with van der Waals surface area (Å²) in [6, 6.07) is 9.20. The molecule has 0 fully saturated rings. The van der Waals surface area contributed by atoms with Crippen LogP contribution in [-0.4, -0.2) is 28.2 Å². The molecule has 2 amide bonds. The fourth-order valence-electron chi connectivity index (χ4n) is 2.72. The summed E-state index contributed by atoms with van der Waals surface area (Å²) in [6.07, 6.45) is 2.08. The van der Waals surface area contributed by atoms with Crippen molar-refractivity contribution in [2.75, 3.05) is 6.54 Å². The van der Waals surface area contributed by atoms with Crippen molar-refractivity contribution in [3.63, 3.8) is 0 Å². The first-order chi connectivity index (χ1) is 10.6. The first-order valence-corrected chi connectivity index (χ1v) is 6.88. The molecule has 0 bridgehead atoms. The Labute approximate surface area is 127 Å². The number of carbonyl (C=O) groups excluding carboxylic acids is 2. The number of rotatable bonds is 2. The number of hydrogen-bond acceptors (Lipinski definition) is 3. The molecule has 0 atom stereocenters. The molecule has 110 valence electrons. The lowest BCUT2D eigenvalue weighted by Gasteiger charge is -2.29. The Morgan fingerprint density at radius 2 is 2.18 bits per heavy atom. The third-order valence-electron chi connectivity index (χ3n) is 3.87. The van der Waals surface area contributed by atoms with Crippen LogP contribution in [0.25, 0.3) is 0 Å². The second kappa shape index (κ2) is 5.37. The van der Waals surface area contributed by atoms with Gasteiger partial charge in [-0.05, 0) is 29.7 Å². The molecule has 6 heteroatoms. The summed E-state index contributed by atoms with van der Waals surface area (Å²) >= 11 is 0. The maximum atomic E-state index is 12.5. The Kier molecular flexibility index (Phi) is 3.39. The predicted octanol–water partition coefficient (Wildman–Crippen LogP) is 1.18. The summed E-state index contributed by atoms with van der Waals surface area (Å²) < 4.78 is 0. The molecular weight excluding hydrogens is 280 g/mol. The number of nitriles is 1. The smallest absolute Gasteiger partial charge is 0.270 e. The number of nitrogens with zero attached hydrogens (tertiary/aromatic N) is 2. The van der Waals surface area contributed by atoms with Crippen molar-refractivity contribution in [3.05, 3.63) is 58.4 Å². The number of primary amides is 1. The minimum atomic E-state index is -0.571. The highest BCUT2D eigenvalue weighted by molar-refractivity contribution is 5.98.